The summed E-state index contributed by atoms with van der Waals surface area (Å²) in [6.45, 7) is 6.16. The van der Waals surface area contributed by atoms with Crippen LogP contribution in [0.25, 0.3) is 5.76 Å². The number of anilines is 1. The Hall–Kier alpha value is -4.71. The lowest BCUT2D eigenvalue weighted by Gasteiger charge is -2.26. The molecular formula is C32H28N2O4. The lowest BCUT2D eigenvalue weighted by atomic mass is 9.95. The molecule has 1 unspecified atom stereocenters. The van der Waals surface area contributed by atoms with Gasteiger partial charge in [-0.05, 0) is 73.4 Å². The second-order valence-electron chi connectivity index (χ2n) is 9.50. The number of rotatable bonds is 6. The van der Waals surface area contributed by atoms with E-state index in [4.69, 9.17) is 4.74 Å². The van der Waals surface area contributed by atoms with Gasteiger partial charge in [0.2, 0.25) is 0 Å². The van der Waals surface area contributed by atoms with Gasteiger partial charge in [-0.1, -0.05) is 54.1 Å². The summed E-state index contributed by atoms with van der Waals surface area (Å²) in [6.07, 6.45) is 3.25. The van der Waals surface area contributed by atoms with Crippen molar-refractivity contribution < 1.29 is 19.4 Å². The Labute approximate surface area is 221 Å². The van der Waals surface area contributed by atoms with Crippen LogP contribution in [0.5, 0.6) is 5.75 Å². The third kappa shape index (κ3) is 4.68. The molecule has 1 atom stereocenters. The molecule has 1 aliphatic heterocycles. The number of aliphatic hydroxyl groups excluding tert-OH is 1. The van der Waals surface area contributed by atoms with Gasteiger partial charge in [-0.2, -0.15) is 0 Å². The number of Topliss-reactive ketones (excluding diaryl/α,β-unsaturated/α-hetero) is 1. The van der Waals surface area contributed by atoms with E-state index in [9.17, 15) is 14.7 Å². The summed E-state index contributed by atoms with van der Waals surface area (Å²) >= 11 is 0. The molecule has 5 rings (SSSR count). The Kier molecular flexibility index (Phi) is 6.79. The molecule has 2 heterocycles. The molecular weight excluding hydrogens is 476 g/mol. The van der Waals surface area contributed by atoms with E-state index in [-0.39, 0.29) is 11.3 Å². The van der Waals surface area contributed by atoms with Crippen LogP contribution in [0.3, 0.4) is 0 Å². The minimum atomic E-state index is -0.820. The van der Waals surface area contributed by atoms with Gasteiger partial charge in [0.15, 0.2) is 0 Å². The van der Waals surface area contributed by atoms with Crippen molar-refractivity contribution in [3.8, 4) is 5.75 Å². The van der Waals surface area contributed by atoms with Crippen molar-refractivity contribution in [3.05, 3.63) is 130 Å². The van der Waals surface area contributed by atoms with Crippen LogP contribution in [0.2, 0.25) is 0 Å². The van der Waals surface area contributed by atoms with Crippen LogP contribution in [0.1, 0.15) is 39.4 Å². The monoisotopic (exact) mass is 504 g/mol. The fourth-order valence-corrected chi connectivity index (χ4v) is 4.86. The second-order valence-corrected chi connectivity index (χ2v) is 9.50. The van der Waals surface area contributed by atoms with Gasteiger partial charge in [0.25, 0.3) is 11.7 Å². The molecule has 1 saturated heterocycles. The fraction of sp³-hybridized carbons (Fsp3) is 0.156. The number of carbonyl (C=O) groups excluding carboxylic acids is 2. The Balaban J connectivity index is 1.56. The minimum Gasteiger partial charge on any atom is -0.507 e. The first-order chi connectivity index (χ1) is 18.3. The van der Waals surface area contributed by atoms with E-state index in [0.717, 1.165) is 22.3 Å². The molecule has 0 spiro atoms. The summed E-state index contributed by atoms with van der Waals surface area (Å²) in [6, 6.07) is 23.5. The third-order valence-corrected chi connectivity index (χ3v) is 6.74. The van der Waals surface area contributed by atoms with Crippen LogP contribution in [0, 0.1) is 20.8 Å². The summed E-state index contributed by atoms with van der Waals surface area (Å²) in [5, 5.41) is 11.5. The largest absolute Gasteiger partial charge is 0.507 e. The smallest absolute Gasteiger partial charge is 0.300 e. The van der Waals surface area contributed by atoms with E-state index in [1.165, 1.54) is 4.90 Å². The Morgan fingerprint density at radius 1 is 0.921 bits per heavy atom. The zero-order valence-corrected chi connectivity index (χ0v) is 21.5. The number of amides is 1. The number of hydrogen-bond donors (Lipinski definition) is 1. The van der Waals surface area contributed by atoms with E-state index in [1.807, 2.05) is 69.3 Å². The lowest BCUT2D eigenvalue weighted by molar-refractivity contribution is -0.132. The van der Waals surface area contributed by atoms with Crippen LogP contribution >= 0.6 is 0 Å². The molecule has 1 fully saturated rings. The molecule has 1 N–H and O–H groups in total. The van der Waals surface area contributed by atoms with Gasteiger partial charge in [-0.3, -0.25) is 19.5 Å². The second kappa shape index (κ2) is 10.3. The normalized spacial score (nSPS) is 16.6. The van der Waals surface area contributed by atoms with Crippen molar-refractivity contribution in [2.45, 2.75) is 33.4 Å². The van der Waals surface area contributed by atoms with Crippen LogP contribution in [-0.4, -0.2) is 21.8 Å². The van der Waals surface area contributed by atoms with E-state index in [0.29, 0.717) is 29.2 Å². The topological polar surface area (TPSA) is 79.7 Å². The van der Waals surface area contributed by atoms with Crippen molar-refractivity contribution >= 4 is 23.1 Å². The molecule has 0 aliphatic carbocycles. The van der Waals surface area contributed by atoms with Crippen LogP contribution in [-0.2, 0) is 16.2 Å². The molecule has 1 amide bonds. The molecule has 190 valence electrons. The summed E-state index contributed by atoms with van der Waals surface area (Å²) in [5.41, 5.74) is 5.46. The zero-order chi connectivity index (χ0) is 26.8. The Morgan fingerprint density at radius 2 is 1.71 bits per heavy atom. The van der Waals surface area contributed by atoms with Crippen molar-refractivity contribution in [3.63, 3.8) is 0 Å². The highest BCUT2D eigenvalue weighted by molar-refractivity contribution is 6.51. The number of aliphatic hydroxyl groups is 1. The zero-order valence-electron chi connectivity index (χ0n) is 21.5. The summed E-state index contributed by atoms with van der Waals surface area (Å²) in [7, 11) is 0. The third-order valence-electron chi connectivity index (χ3n) is 6.74. The molecule has 0 radical (unpaired) electrons. The number of aromatic nitrogens is 1. The molecule has 38 heavy (non-hydrogen) atoms. The number of ketones is 1. The van der Waals surface area contributed by atoms with E-state index in [2.05, 4.69) is 4.98 Å². The average Bonchev–Trinajstić information content (AvgIpc) is 3.18. The summed E-state index contributed by atoms with van der Waals surface area (Å²) in [4.78, 5) is 32.5. The first-order valence-corrected chi connectivity index (χ1v) is 12.4. The first-order valence-electron chi connectivity index (χ1n) is 12.4. The van der Waals surface area contributed by atoms with Crippen LogP contribution in [0.4, 0.5) is 5.69 Å². The molecule has 6 heteroatoms. The summed E-state index contributed by atoms with van der Waals surface area (Å²) in [5.74, 6) is -0.989. The number of aryl methyl sites for hydroxylation is 3. The number of carbonyl (C=O) groups is 2. The highest BCUT2D eigenvalue weighted by Crippen LogP contribution is 2.43. The SMILES string of the molecule is Cc1ccc(N2C(=O)C(=O)/C(=C(/O)c3ccc(OCc4ccccc4)c(C)c3)C2c2cccnc2)c(C)c1. The Bertz CT molecular complexity index is 1540. The van der Waals surface area contributed by atoms with Crippen molar-refractivity contribution in [2.24, 2.45) is 0 Å². The van der Waals surface area contributed by atoms with Gasteiger partial charge >= 0.3 is 0 Å². The highest BCUT2D eigenvalue weighted by atomic mass is 16.5. The quantitative estimate of drug-likeness (QED) is 0.192. The van der Waals surface area contributed by atoms with Gasteiger partial charge < -0.3 is 9.84 Å². The maximum Gasteiger partial charge on any atom is 0.300 e. The molecule has 1 aromatic heterocycles. The number of hydrogen-bond acceptors (Lipinski definition) is 5. The Morgan fingerprint density at radius 3 is 2.39 bits per heavy atom. The summed E-state index contributed by atoms with van der Waals surface area (Å²) < 4.78 is 5.97. The molecule has 1 aliphatic rings. The lowest BCUT2D eigenvalue weighted by Crippen LogP contribution is -2.30. The number of nitrogens with zero attached hydrogens (tertiary/aromatic N) is 2. The van der Waals surface area contributed by atoms with E-state index in [1.54, 1.807) is 42.7 Å². The van der Waals surface area contributed by atoms with E-state index < -0.39 is 17.7 Å². The molecule has 0 saturated carbocycles. The molecule has 4 aromatic rings. The van der Waals surface area contributed by atoms with Crippen molar-refractivity contribution in [1.82, 2.24) is 4.98 Å². The molecule has 0 bridgehead atoms. The predicted molar refractivity (Wildman–Crippen MR) is 147 cm³/mol. The first kappa shape index (κ1) is 25.0. The fourth-order valence-electron chi connectivity index (χ4n) is 4.86. The molecule has 3 aromatic carbocycles. The number of ether oxygens (including phenoxy) is 1. The van der Waals surface area contributed by atoms with Gasteiger partial charge in [-0.25, -0.2) is 0 Å². The standard InChI is InChI=1S/C32H28N2O4/c1-20-11-13-26(21(2)16-20)34-29(25-10-7-15-33-18-25)28(31(36)32(34)37)30(35)24-12-14-27(22(3)17-24)38-19-23-8-5-4-6-9-23/h4-18,29,35H,19H2,1-3H3/b30-28+. The van der Waals surface area contributed by atoms with Crippen LogP contribution < -0.4 is 9.64 Å². The maximum absolute atomic E-state index is 13.4. The van der Waals surface area contributed by atoms with E-state index >= 15 is 0 Å². The highest BCUT2D eigenvalue weighted by Gasteiger charge is 2.47. The van der Waals surface area contributed by atoms with Crippen molar-refractivity contribution in [2.75, 3.05) is 4.90 Å². The average molecular weight is 505 g/mol. The van der Waals surface area contributed by atoms with Crippen molar-refractivity contribution in [1.29, 1.82) is 0 Å². The number of pyridine rings is 1. The van der Waals surface area contributed by atoms with Gasteiger partial charge in [0.1, 0.15) is 18.1 Å². The van der Waals surface area contributed by atoms with Gasteiger partial charge in [0, 0.05) is 23.6 Å². The minimum absolute atomic E-state index is 0.0281. The van der Waals surface area contributed by atoms with Crippen LogP contribution in [0.15, 0.2) is 96.8 Å². The number of benzene rings is 3. The maximum atomic E-state index is 13.4. The van der Waals surface area contributed by atoms with Gasteiger partial charge in [-0.15, -0.1) is 0 Å². The van der Waals surface area contributed by atoms with Gasteiger partial charge in [0.05, 0.1) is 11.6 Å². The predicted octanol–water partition coefficient (Wildman–Crippen LogP) is 6.21. The molecule has 6 nitrogen and oxygen atoms in total.